The van der Waals surface area contributed by atoms with E-state index in [1.165, 1.54) is 32.4 Å². The first-order valence-corrected chi connectivity index (χ1v) is 8.12. The second-order valence-electron chi connectivity index (χ2n) is 5.26. The van der Waals surface area contributed by atoms with Crippen molar-refractivity contribution < 1.29 is 28.2 Å². The minimum Gasteiger partial charge on any atom is -0.497 e. The lowest BCUT2D eigenvalue weighted by Crippen LogP contribution is -2.20. The van der Waals surface area contributed by atoms with Gasteiger partial charge in [0.15, 0.2) is 6.61 Å². The maximum Gasteiger partial charge on any atom is 0.331 e. The van der Waals surface area contributed by atoms with E-state index in [0.717, 1.165) is 12.1 Å². The van der Waals surface area contributed by atoms with Crippen molar-refractivity contribution in [1.82, 2.24) is 0 Å². The quantitative estimate of drug-likeness (QED) is 0.573. The summed E-state index contributed by atoms with van der Waals surface area (Å²) in [6.07, 6.45) is 2.64. The van der Waals surface area contributed by atoms with Crippen LogP contribution in [0.5, 0.6) is 11.5 Å². The number of esters is 1. The highest BCUT2D eigenvalue weighted by Gasteiger charge is 2.09. The third kappa shape index (κ3) is 6.31. The number of rotatable bonds is 7. The van der Waals surface area contributed by atoms with Crippen molar-refractivity contribution in [2.75, 3.05) is 26.1 Å². The fourth-order valence-corrected chi connectivity index (χ4v) is 2.23. The van der Waals surface area contributed by atoms with Crippen molar-refractivity contribution in [2.24, 2.45) is 0 Å². The van der Waals surface area contributed by atoms with E-state index in [1.807, 2.05) is 0 Å². The van der Waals surface area contributed by atoms with Crippen LogP contribution in [0, 0.1) is 5.82 Å². The molecule has 0 aliphatic heterocycles. The first-order chi connectivity index (χ1) is 12.9. The van der Waals surface area contributed by atoms with Gasteiger partial charge in [0, 0.05) is 17.2 Å². The molecule has 0 fully saturated rings. The molecule has 0 unspecified atom stereocenters. The van der Waals surface area contributed by atoms with Crippen molar-refractivity contribution in [3.63, 3.8) is 0 Å². The van der Waals surface area contributed by atoms with Crippen LogP contribution in [0.15, 0.2) is 42.5 Å². The van der Waals surface area contributed by atoms with Crippen LogP contribution >= 0.6 is 11.6 Å². The first-order valence-electron chi connectivity index (χ1n) is 7.74. The standard InChI is InChI=1S/C19H17ClFNO5/c1-25-14-7-12(8-15(10-14)26-2)3-6-19(24)27-11-18(23)22-17-9-13(20)4-5-16(17)21/h3-10H,11H2,1-2H3,(H,22,23)/b6-3+. The predicted octanol–water partition coefficient (Wildman–Crippen LogP) is 3.69. The van der Waals surface area contributed by atoms with Gasteiger partial charge >= 0.3 is 5.97 Å². The summed E-state index contributed by atoms with van der Waals surface area (Å²) in [4.78, 5) is 23.5. The zero-order chi connectivity index (χ0) is 19.8. The normalized spacial score (nSPS) is 10.5. The van der Waals surface area contributed by atoms with E-state index in [-0.39, 0.29) is 10.7 Å². The lowest BCUT2D eigenvalue weighted by Gasteiger charge is -2.07. The van der Waals surface area contributed by atoms with Crippen LogP contribution in [0.1, 0.15) is 5.56 Å². The highest BCUT2D eigenvalue weighted by molar-refractivity contribution is 6.30. The van der Waals surface area contributed by atoms with E-state index >= 15 is 0 Å². The zero-order valence-electron chi connectivity index (χ0n) is 14.6. The van der Waals surface area contributed by atoms with Crippen molar-refractivity contribution in [3.05, 3.63) is 58.9 Å². The molecular formula is C19H17ClFNO5. The molecule has 0 saturated carbocycles. The van der Waals surface area contributed by atoms with Crippen LogP contribution in [0.4, 0.5) is 10.1 Å². The van der Waals surface area contributed by atoms with Gasteiger partial charge in [0.2, 0.25) is 0 Å². The van der Waals surface area contributed by atoms with Crippen LogP contribution in [0.2, 0.25) is 5.02 Å². The second kappa shape index (κ2) is 9.59. The van der Waals surface area contributed by atoms with Crippen LogP contribution in [0.3, 0.4) is 0 Å². The largest absolute Gasteiger partial charge is 0.497 e. The highest BCUT2D eigenvalue weighted by Crippen LogP contribution is 2.23. The monoisotopic (exact) mass is 393 g/mol. The summed E-state index contributed by atoms with van der Waals surface area (Å²) in [7, 11) is 3.02. The van der Waals surface area contributed by atoms with Gasteiger partial charge in [-0.25, -0.2) is 9.18 Å². The first kappa shape index (κ1) is 20.3. The van der Waals surface area contributed by atoms with Gasteiger partial charge in [-0.15, -0.1) is 0 Å². The number of benzene rings is 2. The molecule has 27 heavy (non-hydrogen) atoms. The van der Waals surface area contributed by atoms with E-state index in [0.29, 0.717) is 17.1 Å². The molecule has 0 radical (unpaired) electrons. The Morgan fingerprint density at radius 2 is 1.78 bits per heavy atom. The smallest absolute Gasteiger partial charge is 0.331 e. The molecule has 0 aliphatic carbocycles. The number of halogens is 2. The number of ether oxygens (including phenoxy) is 3. The minimum atomic E-state index is -0.737. The summed E-state index contributed by atoms with van der Waals surface area (Å²) in [6.45, 7) is -0.573. The van der Waals surface area contributed by atoms with Crippen LogP contribution in [0.25, 0.3) is 6.08 Å². The summed E-state index contributed by atoms with van der Waals surface area (Å²) < 4.78 is 28.6. The Labute approximate surface area is 160 Å². The molecule has 0 spiro atoms. The van der Waals surface area contributed by atoms with Gasteiger partial charge in [-0.3, -0.25) is 4.79 Å². The lowest BCUT2D eigenvalue weighted by atomic mass is 10.2. The van der Waals surface area contributed by atoms with Gasteiger partial charge < -0.3 is 19.5 Å². The number of carbonyl (C=O) groups is 2. The molecule has 2 rings (SSSR count). The van der Waals surface area contributed by atoms with Gasteiger partial charge in [0.1, 0.15) is 17.3 Å². The summed E-state index contributed by atoms with van der Waals surface area (Å²) in [5, 5.41) is 2.54. The molecule has 0 atom stereocenters. The fraction of sp³-hybridized carbons (Fsp3) is 0.158. The maximum atomic E-state index is 13.5. The van der Waals surface area contributed by atoms with E-state index in [9.17, 15) is 14.0 Å². The minimum absolute atomic E-state index is 0.0948. The lowest BCUT2D eigenvalue weighted by molar-refractivity contribution is -0.142. The van der Waals surface area contributed by atoms with Crippen molar-refractivity contribution in [2.45, 2.75) is 0 Å². The highest BCUT2D eigenvalue weighted by atomic mass is 35.5. The van der Waals surface area contributed by atoms with Crippen LogP contribution in [-0.2, 0) is 14.3 Å². The Morgan fingerprint density at radius 3 is 2.41 bits per heavy atom. The van der Waals surface area contributed by atoms with E-state index in [1.54, 1.807) is 18.2 Å². The van der Waals surface area contributed by atoms with Crippen LogP contribution < -0.4 is 14.8 Å². The van der Waals surface area contributed by atoms with Gasteiger partial charge in [-0.2, -0.15) is 0 Å². The Morgan fingerprint density at radius 1 is 1.11 bits per heavy atom. The molecule has 0 aromatic heterocycles. The fourth-order valence-electron chi connectivity index (χ4n) is 2.05. The number of nitrogens with one attached hydrogen (secondary N) is 1. The van der Waals surface area contributed by atoms with E-state index in [4.69, 9.17) is 25.8 Å². The number of carbonyl (C=O) groups excluding carboxylic acids is 2. The Balaban J connectivity index is 1.91. The number of methoxy groups -OCH3 is 2. The van der Waals surface area contributed by atoms with E-state index < -0.39 is 24.3 Å². The third-order valence-corrected chi connectivity index (χ3v) is 3.57. The molecule has 8 heteroatoms. The molecule has 2 aromatic rings. The van der Waals surface area contributed by atoms with Crippen molar-refractivity contribution >= 4 is 35.2 Å². The van der Waals surface area contributed by atoms with Crippen molar-refractivity contribution in [1.29, 1.82) is 0 Å². The number of anilines is 1. The molecule has 0 bridgehead atoms. The summed E-state index contributed by atoms with van der Waals surface area (Å²) >= 11 is 5.74. The molecule has 0 aliphatic rings. The third-order valence-electron chi connectivity index (χ3n) is 3.33. The van der Waals surface area contributed by atoms with Gasteiger partial charge in [0.05, 0.1) is 19.9 Å². The van der Waals surface area contributed by atoms with E-state index in [2.05, 4.69) is 5.32 Å². The Bertz CT molecular complexity index is 847. The molecule has 1 amide bonds. The predicted molar refractivity (Wildman–Crippen MR) is 99.6 cm³/mol. The number of hydrogen-bond donors (Lipinski definition) is 1. The summed E-state index contributed by atoms with van der Waals surface area (Å²) in [5.41, 5.74) is 0.552. The van der Waals surface area contributed by atoms with Crippen molar-refractivity contribution in [3.8, 4) is 11.5 Å². The number of hydrogen-bond acceptors (Lipinski definition) is 5. The second-order valence-corrected chi connectivity index (χ2v) is 5.70. The average Bonchev–Trinajstić information content (AvgIpc) is 2.67. The Hall–Kier alpha value is -3.06. The Kier molecular flexibility index (Phi) is 7.19. The topological polar surface area (TPSA) is 73.9 Å². The molecule has 0 heterocycles. The summed E-state index contributed by atoms with van der Waals surface area (Å²) in [6, 6.07) is 8.81. The molecule has 142 valence electrons. The number of amides is 1. The SMILES string of the molecule is COc1cc(/C=C/C(=O)OCC(=O)Nc2cc(Cl)ccc2F)cc(OC)c1. The zero-order valence-corrected chi connectivity index (χ0v) is 15.4. The molecule has 6 nitrogen and oxygen atoms in total. The van der Waals surface area contributed by atoms with Crippen LogP contribution in [-0.4, -0.2) is 32.7 Å². The van der Waals surface area contributed by atoms with Gasteiger partial charge in [-0.1, -0.05) is 11.6 Å². The molecule has 2 aromatic carbocycles. The molecule has 1 N–H and O–H groups in total. The average molecular weight is 394 g/mol. The maximum absolute atomic E-state index is 13.5. The molecule has 0 saturated heterocycles. The van der Waals surface area contributed by atoms with Gasteiger partial charge in [0.25, 0.3) is 5.91 Å². The summed E-state index contributed by atoms with van der Waals surface area (Å²) in [5.74, 6) is -0.957. The van der Waals surface area contributed by atoms with Gasteiger partial charge in [-0.05, 0) is 42.0 Å². The molecular weight excluding hydrogens is 377 g/mol.